The number of aromatic nitrogens is 1. The van der Waals surface area contributed by atoms with Gasteiger partial charge in [0.2, 0.25) is 5.69 Å². The molecular weight excluding hydrogens is 192 g/mol. The Morgan fingerprint density at radius 1 is 1.71 bits per heavy atom. The zero-order valence-corrected chi connectivity index (χ0v) is 7.13. The number of hydrogen-bond acceptors (Lipinski definition) is 5. The van der Waals surface area contributed by atoms with Crippen molar-refractivity contribution < 1.29 is 19.6 Å². The molecule has 0 unspecified atom stereocenters. The summed E-state index contributed by atoms with van der Waals surface area (Å²) in [7, 11) is 1.31. The van der Waals surface area contributed by atoms with E-state index in [1.165, 1.54) is 7.11 Å². The average Bonchev–Trinajstić information content (AvgIpc) is 2.16. The zero-order valence-electron chi connectivity index (χ0n) is 7.13. The maximum absolute atomic E-state index is 10.5. The quantitative estimate of drug-likeness (QED) is 0.566. The highest BCUT2D eigenvalue weighted by Gasteiger charge is 2.22. The summed E-state index contributed by atoms with van der Waals surface area (Å²) in [4.78, 5) is 23.5. The van der Waals surface area contributed by atoms with Crippen LogP contribution in [0.15, 0.2) is 12.3 Å². The number of carboxylic acid groups (broad SMARTS) is 1. The van der Waals surface area contributed by atoms with Gasteiger partial charge >= 0.3 is 11.7 Å². The van der Waals surface area contributed by atoms with E-state index in [1.54, 1.807) is 0 Å². The van der Waals surface area contributed by atoms with E-state index in [0.29, 0.717) is 0 Å². The molecular formula is C7H6N2O5. The van der Waals surface area contributed by atoms with Crippen molar-refractivity contribution in [1.82, 2.24) is 4.98 Å². The summed E-state index contributed by atoms with van der Waals surface area (Å²) in [6, 6.07) is 1.01. The van der Waals surface area contributed by atoms with Crippen molar-refractivity contribution in [2.45, 2.75) is 0 Å². The molecule has 0 bridgehead atoms. The zero-order chi connectivity index (χ0) is 10.7. The molecule has 7 heteroatoms. The summed E-state index contributed by atoms with van der Waals surface area (Å²) < 4.78 is 4.68. The van der Waals surface area contributed by atoms with Gasteiger partial charge in [0.1, 0.15) is 5.75 Å². The van der Waals surface area contributed by atoms with Crippen LogP contribution in [-0.4, -0.2) is 28.1 Å². The fraction of sp³-hybridized carbons (Fsp3) is 0.143. The highest BCUT2D eigenvalue weighted by molar-refractivity contribution is 5.90. The number of hydrogen-bond donors (Lipinski definition) is 1. The minimum Gasteiger partial charge on any atom is -0.495 e. The lowest BCUT2D eigenvalue weighted by Crippen LogP contribution is -2.05. The van der Waals surface area contributed by atoms with Crippen LogP contribution in [0.2, 0.25) is 0 Å². The van der Waals surface area contributed by atoms with Gasteiger partial charge in [0.05, 0.1) is 24.3 Å². The number of pyridine rings is 1. The standard InChI is InChI=1S/C7H6N2O5/c1-14-4-2-5(9(12)13)6(7(10)11)8-3-4/h2-3H,1H3,(H,10,11). The predicted molar refractivity (Wildman–Crippen MR) is 44.4 cm³/mol. The monoisotopic (exact) mass is 198 g/mol. The molecule has 0 radical (unpaired) electrons. The summed E-state index contributed by atoms with van der Waals surface area (Å²) in [5, 5.41) is 19.0. The van der Waals surface area contributed by atoms with Crippen LogP contribution >= 0.6 is 0 Å². The van der Waals surface area contributed by atoms with Crippen LogP contribution in [0.5, 0.6) is 5.75 Å². The predicted octanol–water partition coefficient (Wildman–Crippen LogP) is 0.697. The molecule has 0 atom stereocenters. The van der Waals surface area contributed by atoms with E-state index in [4.69, 9.17) is 5.11 Å². The van der Waals surface area contributed by atoms with Crippen molar-refractivity contribution in [3.05, 3.63) is 28.1 Å². The highest BCUT2D eigenvalue weighted by atomic mass is 16.6. The van der Waals surface area contributed by atoms with Crippen LogP contribution in [0.3, 0.4) is 0 Å². The smallest absolute Gasteiger partial charge is 0.361 e. The lowest BCUT2D eigenvalue weighted by Gasteiger charge is -2.00. The summed E-state index contributed by atoms with van der Waals surface area (Å²) in [6.07, 6.45) is 1.11. The van der Waals surface area contributed by atoms with Gasteiger partial charge in [-0.25, -0.2) is 9.78 Å². The van der Waals surface area contributed by atoms with E-state index in [2.05, 4.69) is 9.72 Å². The lowest BCUT2D eigenvalue weighted by atomic mass is 10.3. The SMILES string of the molecule is COc1cnc(C(=O)O)c([N+](=O)[O-])c1. The van der Waals surface area contributed by atoms with Gasteiger partial charge in [0.25, 0.3) is 0 Å². The van der Waals surface area contributed by atoms with Gasteiger partial charge < -0.3 is 9.84 Å². The van der Waals surface area contributed by atoms with Gasteiger partial charge in [-0.1, -0.05) is 0 Å². The Hall–Kier alpha value is -2.18. The van der Waals surface area contributed by atoms with E-state index in [0.717, 1.165) is 12.3 Å². The Balaban J connectivity index is 3.31. The molecule has 1 N–H and O–H groups in total. The topological polar surface area (TPSA) is 103 Å². The molecule has 1 rings (SSSR count). The van der Waals surface area contributed by atoms with Crippen LogP contribution in [0.4, 0.5) is 5.69 Å². The molecule has 1 heterocycles. The summed E-state index contributed by atoms with van der Waals surface area (Å²) >= 11 is 0. The van der Waals surface area contributed by atoms with E-state index >= 15 is 0 Å². The molecule has 0 spiro atoms. The molecule has 0 aliphatic heterocycles. The van der Waals surface area contributed by atoms with Crippen LogP contribution in [0.25, 0.3) is 0 Å². The van der Waals surface area contributed by atoms with Gasteiger partial charge in [-0.3, -0.25) is 10.1 Å². The van der Waals surface area contributed by atoms with Crippen molar-refractivity contribution >= 4 is 11.7 Å². The summed E-state index contributed by atoms with van der Waals surface area (Å²) in [5.41, 5.74) is -1.19. The molecule has 0 aliphatic carbocycles. The molecule has 0 saturated heterocycles. The molecule has 74 valence electrons. The van der Waals surface area contributed by atoms with Gasteiger partial charge in [0.15, 0.2) is 0 Å². The first-order valence-corrected chi connectivity index (χ1v) is 3.48. The highest BCUT2D eigenvalue weighted by Crippen LogP contribution is 2.21. The maximum atomic E-state index is 10.5. The van der Waals surface area contributed by atoms with Crippen LogP contribution in [0, 0.1) is 10.1 Å². The van der Waals surface area contributed by atoms with Crippen molar-refractivity contribution in [2.24, 2.45) is 0 Å². The Morgan fingerprint density at radius 3 is 2.79 bits per heavy atom. The molecule has 7 nitrogen and oxygen atoms in total. The second kappa shape index (κ2) is 3.69. The Labute approximate surface area is 78.1 Å². The van der Waals surface area contributed by atoms with E-state index < -0.39 is 22.3 Å². The second-order valence-electron chi connectivity index (χ2n) is 2.31. The fourth-order valence-corrected chi connectivity index (χ4v) is 0.850. The third-order valence-electron chi connectivity index (χ3n) is 1.48. The van der Waals surface area contributed by atoms with Crippen molar-refractivity contribution in [2.75, 3.05) is 7.11 Å². The van der Waals surface area contributed by atoms with E-state index in [-0.39, 0.29) is 5.75 Å². The second-order valence-corrected chi connectivity index (χ2v) is 2.31. The molecule has 0 fully saturated rings. The number of carbonyl (C=O) groups is 1. The minimum atomic E-state index is -1.45. The Morgan fingerprint density at radius 2 is 2.36 bits per heavy atom. The van der Waals surface area contributed by atoms with Crippen LogP contribution in [-0.2, 0) is 0 Å². The van der Waals surface area contributed by atoms with Crippen molar-refractivity contribution in [3.63, 3.8) is 0 Å². The third kappa shape index (κ3) is 1.76. The Bertz CT molecular complexity index is 390. The minimum absolute atomic E-state index is 0.140. The molecule has 1 aromatic heterocycles. The van der Waals surface area contributed by atoms with E-state index in [1.807, 2.05) is 0 Å². The largest absolute Gasteiger partial charge is 0.495 e. The molecule has 0 amide bonds. The first kappa shape index (κ1) is 9.90. The van der Waals surface area contributed by atoms with Crippen LogP contribution in [0.1, 0.15) is 10.5 Å². The van der Waals surface area contributed by atoms with Gasteiger partial charge in [-0.2, -0.15) is 0 Å². The molecule has 0 saturated carbocycles. The number of aromatic carboxylic acids is 1. The summed E-state index contributed by atoms with van der Waals surface area (Å²) in [6.45, 7) is 0. The number of rotatable bonds is 3. The molecule has 14 heavy (non-hydrogen) atoms. The van der Waals surface area contributed by atoms with Gasteiger partial charge in [-0.05, 0) is 0 Å². The van der Waals surface area contributed by atoms with Crippen LogP contribution < -0.4 is 4.74 Å². The number of nitrogens with zero attached hydrogens (tertiary/aromatic N) is 2. The normalized spacial score (nSPS) is 9.50. The Kier molecular flexibility index (Phi) is 2.61. The number of nitro groups is 1. The fourth-order valence-electron chi connectivity index (χ4n) is 0.850. The molecule has 1 aromatic rings. The number of methoxy groups -OCH3 is 1. The summed E-state index contributed by atoms with van der Waals surface area (Å²) in [5.74, 6) is -1.30. The van der Waals surface area contributed by atoms with Gasteiger partial charge in [0, 0.05) is 0 Å². The third-order valence-corrected chi connectivity index (χ3v) is 1.48. The number of ether oxygens (including phenoxy) is 1. The first-order valence-electron chi connectivity index (χ1n) is 3.48. The van der Waals surface area contributed by atoms with Gasteiger partial charge in [-0.15, -0.1) is 0 Å². The van der Waals surface area contributed by atoms with Crippen molar-refractivity contribution in [1.29, 1.82) is 0 Å². The van der Waals surface area contributed by atoms with Crippen molar-refractivity contribution in [3.8, 4) is 5.75 Å². The molecule has 0 aromatic carbocycles. The number of carboxylic acids is 1. The maximum Gasteiger partial charge on any atom is 0.361 e. The lowest BCUT2D eigenvalue weighted by molar-refractivity contribution is -0.385. The molecule has 0 aliphatic rings. The van der Waals surface area contributed by atoms with E-state index in [9.17, 15) is 14.9 Å². The average molecular weight is 198 g/mol. The first-order chi connectivity index (χ1) is 6.56.